The number of aryl methyl sites for hydroxylation is 2. The zero-order valence-electron chi connectivity index (χ0n) is 23.1. The number of fused-ring (bicyclic) bond motifs is 1. The van der Waals surface area contributed by atoms with Crippen LogP contribution in [0.15, 0.2) is 35.4 Å². The molecule has 0 bridgehead atoms. The second-order valence-electron chi connectivity index (χ2n) is 10.4. The zero-order valence-corrected chi connectivity index (χ0v) is 23.1. The van der Waals surface area contributed by atoms with Crippen molar-refractivity contribution in [3.8, 4) is 22.3 Å². The normalized spacial score (nSPS) is 13.9. The van der Waals surface area contributed by atoms with Crippen LogP contribution in [0, 0.1) is 13.8 Å². The fraction of sp³-hybridized carbons (Fsp3) is 0.240. The lowest BCUT2D eigenvalue weighted by Gasteiger charge is -2.49. The van der Waals surface area contributed by atoms with Crippen molar-refractivity contribution >= 4 is 109 Å². The third-order valence-corrected chi connectivity index (χ3v) is 7.37. The van der Waals surface area contributed by atoms with Gasteiger partial charge >= 0.3 is 6.18 Å². The topological polar surface area (TPSA) is 61.7 Å². The molecule has 1 unspecified atom stereocenters. The fourth-order valence-corrected chi connectivity index (χ4v) is 5.22. The van der Waals surface area contributed by atoms with Crippen molar-refractivity contribution < 1.29 is 17.7 Å². The van der Waals surface area contributed by atoms with Crippen molar-refractivity contribution in [2.45, 2.75) is 37.1 Å². The maximum atomic E-state index is 13.1. The van der Waals surface area contributed by atoms with Crippen LogP contribution in [0.3, 0.4) is 0 Å². The van der Waals surface area contributed by atoms with Crippen molar-refractivity contribution in [1.82, 2.24) is 24.5 Å². The number of hydrogen-bond acceptors (Lipinski definition) is 4. The number of pyridine rings is 1. The van der Waals surface area contributed by atoms with Gasteiger partial charge in [0.2, 0.25) is 0 Å². The average molecular weight is 554 g/mol. The van der Waals surface area contributed by atoms with E-state index in [1.807, 2.05) is 0 Å². The fourth-order valence-electron chi connectivity index (χ4n) is 5.22. The van der Waals surface area contributed by atoms with E-state index in [4.69, 9.17) is 75.1 Å². The summed E-state index contributed by atoms with van der Waals surface area (Å²) in [7, 11) is 57.1. The third-order valence-electron chi connectivity index (χ3n) is 7.37. The summed E-state index contributed by atoms with van der Waals surface area (Å²) >= 11 is 0. The zero-order chi connectivity index (χ0) is 31.8. The van der Waals surface area contributed by atoms with Gasteiger partial charge in [0.05, 0.1) is 46.5 Å². The number of benzene rings is 1. The van der Waals surface area contributed by atoms with Gasteiger partial charge in [-0.15, -0.1) is 32.4 Å². The first-order chi connectivity index (χ1) is 19.9. The summed E-state index contributed by atoms with van der Waals surface area (Å²) < 4.78 is 46.7. The molecular formula is C25H13B9F3N5O. The average Bonchev–Trinajstić information content (AvgIpc) is 3.61. The van der Waals surface area contributed by atoms with E-state index in [-0.39, 0.29) is 49.5 Å². The summed E-state index contributed by atoms with van der Waals surface area (Å²) in [5, 5.41) is 5.52. The lowest BCUT2D eigenvalue weighted by atomic mass is 9.28. The Balaban J connectivity index is 1.89. The Bertz CT molecular complexity index is 1850. The molecule has 0 spiro atoms. The van der Waals surface area contributed by atoms with E-state index in [0.717, 1.165) is 4.68 Å². The first-order valence-electron chi connectivity index (χ1n) is 12.6. The molecule has 0 aliphatic heterocycles. The van der Waals surface area contributed by atoms with E-state index in [1.165, 1.54) is 23.2 Å². The number of rotatable bonds is 6. The van der Waals surface area contributed by atoms with Crippen molar-refractivity contribution in [3.05, 3.63) is 47.9 Å². The Morgan fingerprint density at radius 3 is 1.98 bits per heavy atom. The lowest BCUT2D eigenvalue weighted by Crippen LogP contribution is -2.63. The molecule has 0 aliphatic carbocycles. The Kier molecular flexibility index (Phi) is 7.54. The first-order valence-corrected chi connectivity index (χ1v) is 12.6. The summed E-state index contributed by atoms with van der Waals surface area (Å²) in [5.74, 6) is 0.503. The molecule has 0 fully saturated rings. The molecule has 43 heavy (non-hydrogen) atoms. The predicted octanol–water partition coefficient (Wildman–Crippen LogP) is -1.85. The second-order valence-corrected chi connectivity index (χ2v) is 10.4. The first kappa shape index (κ1) is 31.1. The molecule has 4 aromatic heterocycles. The number of nitrogens with zero attached hydrogens (tertiary/aromatic N) is 5. The molecule has 5 aromatic rings. The maximum Gasteiger partial charge on any atom is 0.408 e. The summed E-state index contributed by atoms with van der Waals surface area (Å²) in [6, 6.07) is 1.68. The van der Waals surface area contributed by atoms with Crippen molar-refractivity contribution in [2.75, 3.05) is 0 Å². The molecule has 0 aliphatic rings. The standard InChI is InChI=1S/C25H13B9F3N5O/c1-9-15(10(2)43-40-9)11-3-14-22(38-4-11)13(12-5-39-41(6-12)8-23(35,36)37)7-42(14)24(31,25(32,33)34)16-17(26)19(28)21(30)20(29)18(16)27/h3-7H,8H2,1-2H3. The van der Waals surface area contributed by atoms with Gasteiger partial charge in [0.1, 0.15) is 59.4 Å². The van der Waals surface area contributed by atoms with Gasteiger partial charge in [-0.05, 0) is 25.5 Å². The SMILES string of the molecule is [B]c1c([B])c([B])c(C([B])(n2cc(-c3cnn(CC(F)(F)F)c3)c3ncc(-c4c(C)noc4C)cc32)C([B])([B])[B])c([B])c1[B]. The molecule has 6 nitrogen and oxygen atoms in total. The van der Waals surface area contributed by atoms with Gasteiger partial charge in [-0.3, -0.25) is 9.67 Å². The Morgan fingerprint density at radius 1 is 0.837 bits per heavy atom. The number of halogens is 3. The smallest absolute Gasteiger partial charge is 0.361 e. The molecule has 18 heteroatoms. The van der Waals surface area contributed by atoms with Crippen LogP contribution in [-0.2, 0) is 12.0 Å². The summed E-state index contributed by atoms with van der Waals surface area (Å²) in [5.41, 5.74) is -0.198. The van der Waals surface area contributed by atoms with Crippen LogP contribution >= 0.6 is 0 Å². The molecule has 1 atom stereocenters. The second kappa shape index (κ2) is 10.4. The minimum Gasteiger partial charge on any atom is -0.361 e. The highest BCUT2D eigenvalue weighted by molar-refractivity contribution is 6.69. The molecule has 0 N–H and O–H groups in total. The van der Waals surface area contributed by atoms with Crippen molar-refractivity contribution in [3.63, 3.8) is 0 Å². The molecule has 18 radical (unpaired) electrons. The van der Waals surface area contributed by atoms with Crippen LogP contribution < -0.4 is 27.3 Å². The quantitative estimate of drug-likeness (QED) is 0.232. The van der Waals surface area contributed by atoms with Gasteiger partial charge in [-0.1, -0.05) is 5.16 Å². The molecule has 5 rings (SSSR count). The van der Waals surface area contributed by atoms with Crippen LogP contribution in [0.2, 0.25) is 5.11 Å². The van der Waals surface area contributed by atoms with Crippen LogP contribution in [-0.4, -0.2) is 101 Å². The summed E-state index contributed by atoms with van der Waals surface area (Å²) in [6.07, 6.45) is 0.941. The summed E-state index contributed by atoms with van der Waals surface area (Å²) in [4.78, 5) is 4.62. The van der Waals surface area contributed by atoms with Crippen LogP contribution in [0.25, 0.3) is 33.3 Å². The predicted molar refractivity (Wildman–Crippen MR) is 168 cm³/mol. The molecule has 0 saturated carbocycles. The largest absolute Gasteiger partial charge is 0.408 e. The lowest BCUT2D eigenvalue weighted by molar-refractivity contribution is -0.142. The van der Waals surface area contributed by atoms with Crippen molar-refractivity contribution in [1.29, 1.82) is 0 Å². The van der Waals surface area contributed by atoms with Gasteiger partial charge in [0, 0.05) is 46.3 Å². The van der Waals surface area contributed by atoms with Gasteiger partial charge in [0.15, 0.2) is 0 Å². The summed E-state index contributed by atoms with van der Waals surface area (Å²) in [6.45, 7) is 2.15. The van der Waals surface area contributed by atoms with Gasteiger partial charge in [-0.2, -0.15) is 18.3 Å². The number of hydrogen-bond donors (Lipinski definition) is 0. The number of alkyl halides is 3. The number of aromatic nitrogens is 5. The minimum atomic E-state index is -4.51. The molecule has 0 amide bonds. The highest BCUT2D eigenvalue weighted by atomic mass is 19.4. The molecule has 4 heterocycles. The molecular weight excluding hydrogens is 541 g/mol. The van der Waals surface area contributed by atoms with E-state index in [0.29, 0.717) is 28.1 Å². The van der Waals surface area contributed by atoms with Crippen LogP contribution in [0.1, 0.15) is 17.0 Å². The molecule has 0 saturated heterocycles. The van der Waals surface area contributed by atoms with Gasteiger partial charge < -0.3 is 9.09 Å². The third kappa shape index (κ3) is 5.04. The Morgan fingerprint density at radius 2 is 1.44 bits per heavy atom. The van der Waals surface area contributed by atoms with Gasteiger partial charge in [0.25, 0.3) is 0 Å². The van der Waals surface area contributed by atoms with E-state index >= 15 is 0 Å². The van der Waals surface area contributed by atoms with E-state index in [9.17, 15) is 13.2 Å². The Hall–Kier alpha value is -3.30. The molecule has 1 aromatic carbocycles. The van der Waals surface area contributed by atoms with Crippen molar-refractivity contribution in [2.24, 2.45) is 0 Å². The van der Waals surface area contributed by atoms with E-state index in [1.54, 1.807) is 26.1 Å². The van der Waals surface area contributed by atoms with E-state index in [2.05, 4.69) is 15.2 Å². The maximum absolute atomic E-state index is 13.1. The van der Waals surface area contributed by atoms with Crippen LogP contribution in [0.5, 0.6) is 0 Å². The Labute approximate surface area is 258 Å². The van der Waals surface area contributed by atoms with Crippen LogP contribution in [0.4, 0.5) is 13.2 Å². The highest BCUT2D eigenvalue weighted by Crippen LogP contribution is 2.43. The minimum absolute atomic E-state index is 0.0877. The monoisotopic (exact) mass is 555 g/mol. The van der Waals surface area contributed by atoms with Gasteiger partial charge in [-0.25, -0.2) is 0 Å². The highest BCUT2D eigenvalue weighted by Gasteiger charge is 2.42. The molecule has 192 valence electrons. The van der Waals surface area contributed by atoms with E-state index < -0.39 is 23.3 Å².